The van der Waals surface area contributed by atoms with Crippen LogP contribution in [0.2, 0.25) is 10.0 Å². The van der Waals surface area contributed by atoms with Crippen molar-refractivity contribution < 1.29 is 9.53 Å². The summed E-state index contributed by atoms with van der Waals surface area (Å²) in [5, 5.41) is 13.9. The van der Waals surface area contributed by atoms with Gasteiger partial charge in [-0.3, -0.25) is 4.79 Å². The molecule has 0 saturated heterocycles. The first-order chi connectivity index (χ1) is 13.2. The van der Waals surface area contributed by atoms with Gasteiger partial charge in [0.05, 0.1) is 10.6 Å². The predicted molar refractivity (Wildman–Crippen MR) is 115 cm³/mol. The van der Waals surface area contributed by atoms with Gasteiger partial charge >= 0.3 is 0 Å². The van der Waals surface area contributed by atoms with Gasteiger partial charge in [0, 0.05) is 9.90 Å². The highest BCUT2D eigenvalue weighted by molar-refractivity contribution is 7.16. The Kier molecular flexibility index (Phi) is 6.24. The van der Waals surface area contributed by atoms with Crippen LogP contribution in [-0.4, -0.2) is 12.5 Å². The van der Waals surface area contributed by atoms with Crippen LogP contribution in [0.1, 0.15) is 43.2 Å². The second-order valence-corrected chi connectivity index (χ2v) is 9.99. The van der Waals surface area contributed by atoms with Crippen LogP contribution >= 0.6 is 34.5 Å². The molecule has 28 heavy (non-hydrogen) atoms. The van der Waals surface area contributed by atoms with E-state index in [1.54, 1.807) is 18.2 Å². The zero-order valence-corrected chi connectivity index (χ0v) is 18.4. The highest BCUT2D eigenvalue weighted by Gasteiger charge is 2.32. The maximum atomic E-state index is 12.4. The Hall–Kier alpha value is -1.74. The molecule has 1 aromatic carbocycles. The van der Waals surface area contributed by atoms with E-state index in [4.69, 9.17) is 27.9 Å². The molecule has 3 rings (SSSR count). The number of nitriles is 1. The second kappa shape index (κ2) is 8.32. The fourth-order valence-electron chi connectivity index (χ4n) is 3.43. The molecule has 2 aromatic rings. The van der Waals surface area contributed by atoms with Crippen LogP contribution in [0.5, 0.6) is 5.75 Å². The van der Waals surface area contributed by atoms with Crippen LogP contribution < -0.4 is 10.1 Å². The summed E-state index contributed by atoms with van der Waals surface area (Å²) in [6, 6.07) is 7.10. The number of thiophene rings is 1. The molecule has 0 spiro atoms. The van der Waals surface area contributed by atoms with E-state index in [0.717, 1.165) is 24.8 Å². The average molecular weight is 437 g/mol. The molecule has 1 heterocycles. The van der Waals surface area contributed by atoms with E-state index in [1.165, 1.54) is 16.2 Å². The number of rotatable bonds is 4. The van der Waals surface area contributed by atoms with Crippen LogP contribution in [-0.2, 0) is 17.6 Å². The molecule has 1 aliphatic rings. The lowest BCUT2D eigenvalue weighted by atomic mass is 9.72. The molecule has 0 fully saturated rings. The number of hydrogen-bond donors (Lipinski definition) is 1. The minimum atomic E-state index is -0.325. The molecule has 0 radical (unpaired) electrons. The van der Waals surface area contributed by atoms with Gasteiger partial charge < -0.3 is 10.1 Å². The minimum absolute atomic E-state index is 0.195. The molecule has 7 heteroatoms. The Labute approximate surface area is 179 Å². The zero-order valence-electron chi connectivity index (χ0n) is 16.1. The molecule has 1 N–H and O–H groups in total. The Morgan fingerprint density at radius 2 is 2.14 bits per heavy atom. The first-order valence-corrected chi connectivity index (χ1v) is 10.7. The van der Waals surface area contributed by atoms with Gasteiger partial charge in [0.15, 0.2) is 6.61 Å². The first kappa shape index (κ1) is 21.0. The molecule has 0 aliphatic heterocycles. The van der Waals surface area contributed by atoms with Crippen molar-refractivity contribution in [1.82, 2.24) is 0 Å². The first-order valence-electron chi connectivity index (χ1n) is 9.11. The number of benzene rings is 1. The molecular formula is C21H22Cl2N2O2S. The van der Waals surface area contributed by atoms with Crippen molar-refractivity contribution in [3.63, 3.8) is 0 Å². The summed E-state index contributed by atoms with van der Waals surface area (Å²) >= 11 is 13.4. The number of halogens is 2. The van der Waals surface area contributed by atoms with Crippen molar-refractivity contribution in [1.29, 1.82) is 5.26 Å². The molecule has 1 aliphatic carbocycles. The summed E-state index contributed by atoms with van der Waals surface area (Å²) in [6.07, 6.45) is 2.89. The Balaban J connectivity index is 1.70. The maximum Gasteiger partial charge on any atom is 0.262 e. The number of ether oxygens (including phenoxy) is 1. The van der Waals surface area contributed by atoms with Crippen molar-refractivity contribution >= 4 is 45.4 Å². The molecule has 0 saturated carbocycles. The van der Waals surface area contributed by atoms with E-state index in [2.05, 4.69) is 32.2 Å². The highest BCUT2D eigenvalue weighted by atomic mass is 35.5. The van der Waals surface area contributed by atoms with Crippen LogP contribution in [0.3, 0.4) is 0 Å². The van der Waals surface area contributed by atoms with Gasteiger partial charge in [-0.1, -0.05) is 44.0 Å². The third-order valence-electron chi connectivity index (χ3n) is 5.11. The number of nitrogens with zero attached hydrogens (tertiary/aromatic N) is 1. The van der Waals surface area contributed by atoms with Gasteiger partial charge in [0.2, 0.25) is 0 Å². The molecule has 1 unspecified atom stereocenters. The van der Waals surface area contributed by atoms with E-state index in [-0.39, 0.29) is 17.9 Å². The van der Waals surface area contributed by atoms with Gasteiger partial charge in [-0.15, -0.1) is 11.3 Å². The van der Waals surface area contributed by atoms with Crippen molar-refractivity contribution in [2.75, 3.05) is 11.9 Å². The third kappa shape index (κ3) is 4.63. The van der Waals surface area contributed by atoms with Gasteiger partial charge in [0.25, 0.3) is 5.91 Å². The molecule has 1 aromatic heterocycles. The fourth-order valence-corrected chi connectivity index (χ4v) is 5.19. The molecule has 1 atom stereocenters. The van der Waals surface area contributed by atoms with Crippen molar-refractivity contribution in [2.24, 2.45) is 11.3 Å². The summed E-state index contributed by atoms with van der Waals surface area (Å²) in [4.78, 5) is 13.6. The normalized spacial score (nSPS) is 16.2. The smallest absolute Gasteiger partial charge is 0.262 e. The highest BCUT2D eigenvalue weighted by Crippen LogP contribution is 2.44. The number of fused-ring (bicyclic) bond motifs is 1. The quantitative estimate of drug-likeness (QED) is 0.629. The van der Waals surface area contributed by atoms with E-state index in [1.807, 2.05) is 0 Å². The van der Waals surface area contributed by atoms with Crippen molar-refractivity contribution in [2.45, 2.75) is 40.0 Å². The lowest BCUT2D eigenvalue weighted by Gasteiger charge is -2.33. The van der Waals surface area contributed by atoms with E-state index in [9.17, 15) is 10.1 Å². The predicted octanol–water partition coefficient (Wildman–Crippen LogP) is 6.10. The number of nitrogens with one attached hydrogen (secondary N) is 1. The largest absolute Gasteiger partial charge is 0.482 e. The van der Waals surface area contributed by atoms with Gasteiger partial charge in [-0.05, 0) is 54.4 Å². The lowest BCUT2D eigenvalue weighted by Crippen LogP contribution is -2.26. The number of anilines is 1. The molecule has 4 nitrogen and oxygen atoms in total. The third-order valence-corrected chi connectivity index (χ3v) is 6.81. The van der Waals surface area contributed by atoms with E-state index >= 15 is 0 Å². The molecule has 0 bridgehead atoms. The Morgan fingerprint density at radius 1 is 1.39 bits per heavy atom. The van der Waals surface area contributed by atoms with E-state index in [0.29, 0.717) is 32.3 Å². The molecular weight excluding hydrogens is 415 g/mol. The van der Waals surface area contributed by atoms with E-state index < -0.39 is 0 Å². The number of carbonyl (C=O) groups excluding carboxylic acids is 1. The maximum absolute atomic E-state index is 12.4. The summed E-state index contributed by atoms with van der Waals surface area (Å²) in [5.74, 6) is 0.637. The topological polar surface area (TPSA) is 62.1 Å². The summed E-state index contributed by atoms with van der Waals surface area (Å²) in [7, 11) is 0. The molecule has 148 valence electrons. The fraction of sp³-hybridized carbons (Fsp3) is 0.429. The zero-order chi connectivity index (χ0) is 20.5. The van der Waals surface area contributed by atoms with Crippen LogP contribution in [0, 0.1) is 22.7 Å². The average Bonchev–Trinajstić information content (AvgIpc) is 2.96. The van der Waals surface area contributed by atoms with Crippen molar-refractivity contribution in [3.05, 3.63) is 44.2 Å². The standard InChI is InChI=1S/C21H22Cl2N2O2S/c1-21(2,3)12-4-6-14-15(10-24)20(28-18(14)8-12)25-19(26)11-27-17-7-5-13(22)9-16(17)23/h5,7,9,12H,4,6,8,11H2,1-3H3,(H,25,26). The minimum Gasteiger partial charge on any atom is -0.482 e. The second-order valence-electron chi connectivity index (χ2n) is 8.04. The SMILES string of the molecule is CC(C)(C)C1CCc2c(sc(NC(=O)COc3ccc(Cl)cc3Cl)c2C#N)C1. The lowest BCUT2D eigenvalue weighted by molar-refractivity contribution is -0.118. The number of hydrogen-bond acceptors (Lipinski definition) is 4. The number of carbonyl (C=O) groups is 1. The molecule has 1 amide bonds. The van der Waals surface area contributed by atoms with Gasteiger partial charge in [0.1, 0.15) is 16.8 Å². The summed E-state index contributed by atoms with van der Waals surface area (Å²) in [6.45, 7) is 6.57. The van der Waals surface area contributed by atoms with Crippen LogP contribution in [0.25, 0.3) is 0 Å². The van der Waals surface area contributed by atoms with Crippen LogP contribution in [0.4, 0.5) is 5.00 Å². The van der Waals surface area contributed by atoms with Crippen LogP contribution in [0.15, 0.2) is 18.2 Å². The van der Waals surface area contributed by atoms with Gasteiger partial charge in [-0.25, -0.2) is 0 Å². The Bertz CT molecular complexity index is 941. The van der Waals surface area contributed by atoms with Crippen molar-refractivity contribution in [3.8, 4) is 11.8 Å². The Morgan fingerprint density at radius 3 is 2.79 bits per heavy atom. The number of amides is 1. The summed E-state index contributed by atoms with van der Waals surface area (Å²) < 4.78 is 5.48. The summed E-state index contributed by atoms with van der Waals surface area (Å²) in [5.41, 5.74) is 1.90. The monoisotopic (exact) mass is 436 g/mol. The van der Waals surface area contributed by atoms with Gasteiger partial charge in [-0.2, -0.15) is 5.26 Å².